The number of methoxy groups -OCH3 is 1. The van der Waals surface area contributed by atoms with Crippen LogP contribution in [0.15, 0.2) is 57.5 Å². The number of esters is 1. The first kappa shape index (κ1) is 25.3. The molecule has 8 heteroatoms. The van der Waals surface area contributed by atoms with Gasteiger partial charge in [-0.2, -0.15) is 0 Å². The van der Waals surface area contributed by atoms with Crippen LogP contribution in [-0.2, 0) is 27.2 Å². The smallest absolute Gasteiger partial charge is 0.319 e. The van der Waals surface area contributed by atoms with Crippen LogP contribution in [0.4, 0.5) is 0 Å². The van der Waals surface area contributed by atoms with Gasteiger partial charge in [-0.15, -0.1) is 0 Å². The normalized spacial score (nSPS) is 10.0. The summed E-state index contributed by atoms with van der Waals surface area (Å²) in [6.45, 7) is 2.05. The van der Waals surface area contributed by atoms with Crippen LogP contribution in [0.2, 0.25) is 0 Å². The molecule has 0 spiro atoms. The zero-order valence-corrected chi connectivity index (χ0v) is 19.6. The first-order valence-corrected chi connectivity index (χ1v) is 10.7. The lowest BCUT2D eigenvalue weighted by Crippen LogP contribution is -2.29. The maximum Gasteiger partial charge on any atom is 0.319 e. The Bertz CT molecular complexity index is 772. The summed E-state index contributed by atoms with van der Waals surface area (Å²) in [6.07, 6.45) is 1.79. The Morgan fingerprint density at radius 3 is 1.79 bits per heavy atom. The van der Waals surface area contributed by atoms with Gasteiger partial charge >= 0.3 is 5.97 Å². The van der Waals surface area contributed by atoms with E-state index in [0.717, 1.165) is 34.9 Å². The van der Waals surface area contributed by atoms with Crippen molar-refractivity contribution < 1.29 is 14.3 Å². The molecule has 2 rings (SSSR count). The molecule has 4 N–H and O–H groups in total. The molecule has 1 amide bonds. The van der Waals surface area contributed by atoms with Gasteiger partial charge in [0, 0.05) is 8.95 Å². The number of ether oxygens (including phenoxy) is 1. The minimum atomic E-state index is -0.320. The largest absolute Gasteiger partial charge is 0.468 e. The number of rotatable bonds is 10. The Labute approximate surface area is 188 Å². The molecule has 0 aromatic heterocycles. The van der Waals surface area contributed by atoms with E-state index in [1.54, 1.807) is 0 Å². The van der Waals surface area contributed by atoms with Gasteiger partial charge in [-0.05, 0) is 61.3 Å². The van der Waals surface area contributed by atoms with Crippen LogP contribution >= 0.6 is 31.9 Å². The van der Waals surface area contributed by atoms with E-state index in [2.05, 4.69) is 71.5 Å². The quantitative estimate of drug-likeness (QED) is 0.325. The molecule has 29 heavy (non-hydrogen) atoms. The predicted molar refractivity (Wildman–Crippen MR) is 123 cm³/mol. The third-order valence-corrected chi connectivity index (χ3v) is 4.74. The molecule has 6 nitrogen and oxygen atoms in total. The average Bonchev–Trinajstić information content (AvgIpc) is 2.69. The summed E-state index contributed by atoms with van der Waals surface area (Å²) in [5.74, 6) is -0.552. The van der Waals surface area contributed by atoms with Crippen LogP contribution in [0.3, 0.4) is 0 Å². The van der Waals surface area contributed by atoms with Crippen molar-refractivity contribution in [1.82, 2.24) is 10.6 Å². The highest BCUT2D eigenvalue weighted by Gasteiger charge is 1.99. The molecule has 0 bridgehead atoms. The fourth-order valence-corrected chi connectivity index (χ4v) is 3.22. The molecule has 0 saturated heterocycles. The minimum absolute atomic E-state index is 0.232. The summed E-state index contributed by atoms with van der Waals surface area (Å²) >= 11 is 6.81. The second-order valence-electron chi connectivity index (χ2n) is 6.16. The zero-order chi connectivity index (χ0) is 21.5. The SMILES string of the molecule is COC(=O)CNCCc1cccc(Br)c1.NC(=O)CNCCc1cccc(Br)c1. The van der Waals surface area contributed by atoms with Crippen LogP contribution in [0.5, 0.6) is 0 Å². The molecule has 0 aliphatic rings. The molecule has 0 aliphatic carbocycles. The fourth-order valence-electron chi connectivity index (χ4n) is 2.32. The van der Waals surface area contributed by atoms with Crippen molar-refractivity contribution in [3.8, 4) is 0 Å². The summed E-state index contributed by atoms with van der Waals surface area (Å²) in [7, 11) is 1.39. The van der Waals surface area contributed by atoms with Gasteiger partial charge in [0.15, 0.2) is 0 Å². The van der Waals surface area contributed by atoms with Crippen LogP contribution < -0.4 is 16.4 Å². The molecular formula is C21H27Br2N3O3. The van der Waals surface area contributed by atoms with Crippen LogP contribution in [-0.4, -0.2) is 45.2 Å². The second kappa shape index (κ2) is 15.1. The van der Waals surface area contributed by atoms with E-state index in [1.165, 1.54) is 18.2 Å². The van der Waals surface area contributed by atoms with Crippen molar-refractivity contribution in [2.75, 3.05) is 33.3 Å². The predicted octanol–water partition coefficient (Wildman–Crippen LogP) is 2.82. The van der Waals surface area contributed by atoms with Gasteiger partial charge in [0.1, 0.15) is 0 Å². The number of benzene rings is 2. The number of halogens is 2. The molecular weight excluding hydrogens is 502 g/mol. The first-order chi connectivity index (χ1) is 13.9. The van der Waals surface area contributed by atoms with Crippen LogP contribution in [0.25, 0.3) is 0 Å². The summed E-state index contributed by atoms with van der Waals surface area (Å²) in [4.78, 5) is 21.2. The van der Waals surface area contributed by atoms with Crippen molar-refractivity contribution in [3.63, 3.8) is 0 Å². The third kappa shape index (κ3) is 13.2. The number of nitrogens with one attached hydrogen (secondary N) is 2. The zero-order valence-electron chi connectivity index (χ0n) is 16.4. The van der Waals surface area contributed by atoms with E-state index in [4.69, 9.17) is 5.73 Å². The number of carbonyl (C=O) groups is 2. The lowest BCUT2D eigenvalue weighted by molar-refractivity contribution is -0.139. The van der Waals surface area contributed by atoms with E-state index in [0.29, 0.717) is 0 Å². The molecule has 0 saturated carbocycles. The molecule has 158 valence electrons. The molecule has 0 heterocycles. The van der Waals surface area contributed by atoms with Crippen LogP contribution in [0.1, 0.15) is 11.1 Å². The van der Waals surface area contributed by atoms with Crippen molar-refractivity contribution in [3.05, 3.63) is 68.6 Å². The Kier molecular flexibility index (Phi) is 13.2. The highest BCUT2D eigenvalue weighted by atomic mass is 79.9. The van der Waals surface area contributed by atoms with Gasteiger partial charge in [0.2, 0.25) is 5.91 Å². The number of primary amides is 1. The Morgan fingerprint density at radius 1 is 0.897 bits per heavy atom. The van der Waals surface area contributed by atoms with Gasteiger partial charge in [-0.25, -0.2) is 0 Å². The molecule has 2 aromatic carbocycles. The van der Waals surface area contributed by atoms with E-state index < -0.39 is 0 Å². The van der Waals surface area contributed by atoms with E-state index >= 15 is 0 Å². The van der Waals surface area contributed by atoms with Gasteiger partial charge in [-0.3, -0.25) is 9.59 Å². The minimum Gasteiger partial charge on any atom is -0.468 e. The Hall–Kier alpha value is -1.74. The summed E-state index contributed by atoms with van der Waals surface area (Å²) in [5.41, 5.74) is 7.46. The second-order valence-corrected chi connectivity index (χ2v) is 7.99. The lowest BCUT2D eigenvalue weighted by atomic mass is 10.1. The third-order valence-electron chi connectivity index (χ3n) is 3.76. The molecule has 0 fully saturated rings. The molecule has 0 aliphatic heterocycles. The Morgan fingerprint density at radius 2 is 1.38 bits per heavy atom. The number of amides is 1. The van der Waals surface area contributed by atoms with Gasteiger partial charge in [0.05, 0.1) is 20.2 Å². The van der Waals surface area contributed by atoms with Crippen molar-refractivity contribution in [2.24, 2.45) is 5.73 Å². The van der Waals surface area contributed by atoms with Gasteiger partial charge in [0.25, 0.3) is 0 Å². The molecule has 0 atom stereocenters. The highest BCUT2D eigenvalue weighted by Crippen LogP contribution is 2.12. The molecule has 0 unspecified atom stereocenters. The van der Waals surface area contributed by atoms with Gasteiger partial charge < -0.3 is 21.1 Å². The first-order valence-electron chi connectivity index (χ1n) is 9.16. The van der Waals surface area contributed by atoms with E-state index in [-0.39, 0.29) is 25.0 Å². The lowest BCUT2D eigenvalue weighted by Gasteiger charge is -2.03. The topological polar surface area (TPSA) is 93.4 Å². The molecule has 2 aromatic rings. The monoisotopic (exact) mass is 527 g/mol. The summed E-state index contributed by atoms with van der Waals surface area (Å²) in [5, 5.41) is 5.98. The van der Waals surface area contributed by atoms with E-state index in [9.17, 15) is 9.59 Å². The maximum absolute atomic E-state index is 10.8. The van der Waals surface area contributed by atoms with Crippen molar-refractivity contribution in [1.29, 1.82) is 0 Å². The highest BCUT2D eigenvalue weighted by molar-refractivity contribution is 9.10. The summed E-state index contributed by atoms with van der Waals surface area (Å²) in [6, 6.07) is 16.2. The number of nitrogens with two attached hydrogens (primary N) is 1. The van der Waals surface area contributed by atoms with Gasteiger partial charge in [-0.1, -0.05) is 56.1 Å². The summed E-state index contributed by atoms with van der Waals surface area (Å²) < 4.78 is 6.66. The van der Waals surface area contributed by atoms with Crippen molar-refractivity contribution in [2.45, 2.75) is 12.8 Å². The molecule has 0 radical (unpaired) electrons. The standard InChI is InChI=1S/C11H14BrNO2.C10H13BrN2O/c1-15-11(14)8-13-6-5-9-3-2-4-10(12)7-9;11-9-3-1-2-8(6-9)4-5-13-7-10(12)14/h2-4,7,13H,5-6,8H2,1H3;1-3,6,13H,4-5,7H2,(H2,12,14). The Balaban J connectivity index is 0.000000291. The number of hydrogen-bond donors (Lipinski definition) is 3. The number of hydrogen-bond acceptors (Lipinski definition) is 5. The van der Waals surface area contributed by atoms with Crippen molar-refractivity contribution >= 4 is 43.7 Å². The van der Waals surface area contributed by atoms with E-state index in [1.807, 2.05) is 24.3 Å². The van der Waals surface area contributed by atoms with Crippen LogP contribution in [0, 0.1) is 0 Å². The average molecular weight is 529 g/mol. The fraction of sp³-hybridized carbons (Fsp3) is 0.333. The number of carbonyl (C=O) groups excluding carboxylic acids is 2. The maximum atomic E-state index is 10.8.